The van der Waals surface area contributed by atoms with E-state index in [0.717, 1.165) is 42.7 Å². The number of carbonyl (C=O) groups is 2. The van der Waals surface area contributed by atoms with Gasteiger partial charge in [-0.3, -0.25) is 4.79 Å². The lowest BCUT2D eigenvalue weighted by Gasteiger charge is -2.27. The number of unbranched alkanes of at least 4 members (excludes halogenated alkanes) is 1. The molecule has 0 atom stereocenters. The van der Waals surface area contributed by atoms with Gasteiger partial charge in [-0.25, -0.2) is 4.79 Å². The Morgan fingerprint density at radius 2 is 1.67 bits per heavy atom. The third-order valence-corrected chi connectivity index (χ3v) is 6.07. The van der Waals surface area contributed by atoms with Gasteiger partial charge < -0.3 is 20.9 Å². The predicted octanol–water partition coefficient (Wildman–Crippen LogP) is 5.51. The zero-order valence-electron chi connectivity index (χ0n) is 19.3. The van der Waals surface area contributed by atoms with Gasteiger partial charge in [-0.1, -0.05) is 38.3 Å². The molecular weight excluding hydrogens is 416 g/mol. The van der Waals surface area contributed by atoms with Gasteiger partial charge in [0.1, 0.15) is 12.4 Å². The van der Waals surface area contributed by atoms with Crippen LogP contribution in [-0.2, 0) is 20.9 Å². The van der Waals surface area contributed by atoms with Gasteiger partial charge >= 0.3 is 11.9 Å². The molecule has 0 amide bonds. The molecule has 1 aliphatic rings. The van der Waals surface area contributed by atoms with Crippen molar-refractivity contribution in [3.05, 3.63) is 59.7 Å². The third kappa shape index (κ3) is 7.97. The van der Waals surface area contributed by atoms with Crippen LogP contribution in [0.25, 0.3) is 6.08 Å². The highest BCUT2D eigenvalue weighted by Crippen LogP contribution is 2.32. The number of hydrogen-bond acceptors (Lipinski definition) is 6. The summed E-state index contributed by atoms with van der Waals surface area (Å²) >= 11 is 0. The fraction of sp³-hybridized carbons (Fsp3) is 0.407. The lowest BCUT2D eigenvalue weighted by molar-refractivity contribution is -0.140. The van der Waals surface area contributed by atoms with E-state index in [1.807, 2.05) is 0 Å². The Balaban J connectivity index is 1.43. The first-order valence-corrected chi connectivity index (χ1v) is 11.7. The van der Waals surface area contributed by atoms with Gasteiger partial charge in [0.25, 0.3) is 0 Å². The van der Waals surface area contributed by atoms with E-state index in [1.165, 1.54) is 25.3 Å². The maximum absolute atomic E-state index is 12.5. The molecule has 2 aromatic carbocycles. The molecule has 33 heavy (non-hydrogen) atoms. The molecule has 0 aromatic heterocycles. The largest absolute Gasteiger partial charge is 0.458 e. The Kier molecular flexibility index (Phi) is 8.93. The molecule has 1 saturated carbocycles. The number of carbonyl (C=O) groups excluding carboxylic acids is 2. The molecule has 3 rings (SSSR count). The monoisotopic (exact) mass is 450 g/mol. The smallest absolute Gasteiger partial charge is 0.331 e. The molecule has 1 aliphatic carbocycles. The highest BCUT2D eigenvalue weighted by molar-refractivity contribution is 5.87. The number of benzene rings is 2. The van der Waals surface area contributed by atoms with E-state index in [9.17, 15) is 9.59 Å². The van der Waals surface area contributed by atoms with Crippen molar-refractivity contribution in [3.63, 3.8) is 0 Å². The summed E-state index contributed by atoms with van der Waals surface area (Å²) in [5.74, 6) is 0.661. The summed E-state index contributed by atoms with van der Waals surface area (Å²) in [6.07, 6.45) is 10.8. The lowest BCUT2D eigenvalue weighted by Crippen LogP contribution is -2.25. The van der Waals surface area contributed by atoms with Crippen LogP contribution in [0.15, 0.2) is 48.5 Å². The highest BCUT2D eigenvalue weighted by atomic mass is 16.5. The van der Waals surface area contributed by atoms with Crippen LogP contribution in [-0.4, -0.2) is 11.9 Å². The average Bonchev–Trinajstić information content (AvgIpc) is 2.80. The van der Waals surface area contributed by atoms with Crippen molar-refractivity contribution in [2.75, 3.05) is 11.5 Å². The first-order valence-electron chi connectivity index (χ1n) is 11.7. The molecule has 0 radical (unpaired) electrons. The van der Waals surface area contributed by atoms with Crippen LogP contribution < -0.4 is 16.2 Å². The number of anilines is 2. The standard InChI is InChI=1S/C27H34N2O4/c1-2-3-4-19-5-10-22(11-6-19)27(31)33-25-12-7-20(8-13-25)9-14-26(30)32-18-21-15-23(28)17-24(29)16-21/h7-9,12-17,19,22H,2-6,10-11,18,28-29H2,1H3. The molecule has 0 unspecified atom stereocenters. The van der Waals surface area contributed by atoms with Crippen LogP contribution >= 0.6 is 0 Å². The minimum atomic E-state index is -0.471. The molecule has 1 fully saturated rings. The van der Waals surface area contributed by atoms with Crippen LogP contribution in [0.5, 0.6) is 5.75 Å². The summed E-state index contributed by atoms with van der Waals surface area (Å²) in [5, 5.41) is 0. The molecule has 6 nitrogen and oxygen atoms in total. The molecule has 176 valence electrons. The fourth-order valence-corrected chi connectivity index (χ4v) is 4.22. The van der Waals surface area contributed by atoms with Crippen molar-refractivity contribution in [2.45, 2.75) is 58.5 Å². The summed E-state index contributed by atoms with van der Waals surface area (Å²) in [6, 6.07) is 12.2. The number of nitrogens with two attached hydrogens (primary N) is 2. The summed E-state index contributed by atoms with van der Waals surface area (Å²) in [5.41, 5.74) is 14.1. The molecule has 4 N–H and O–H groups in total. The summed E-state index contributed by atoms with van der Waals surface area (Å²) in [7, 11) is 0. The number of rotatable bonds is 9. The molecule has 2 aromatic rings. The number of nitrogen functional groups attached to an aromatic ring is 2. The minimum absolute atomic E-state index is 0.00691. The summed E-state index contributed by atoms with van der Waals surface area (Å²) in [4.78, 5) is 24.5. The average molecular weight is 451 g/mol. The summed E-state index contributed by atoms with van der Waals surface area (Å²) in [6.45, 7) is 2.31. The van der Waals surface area contributed by atoms with E-state index in [-0.39, 0.29) is 18.5 Å². The predicted molar refractivity (Wildman–Crippen MR) is 131 cm³/mol. The highest BCUT2D eigenvalue weighted by Gasteiger charge is 2.27. The first-order chi connectivity index (χ1) is 15.9. The zero-order chi connectivity index (χ0) is 23.6. The van der Waals surface area contributed by atoms with Crippen LogP contribution in [0.1, 0.15) is 63.0 Å². The molecule has 0 spiro atoms. The molecular formula is C27H34N2O4. The SMILES string of the molecule is CCCCC1CCC(C(=O)Oc2ccc(C=CC(=O)OCc3cc(N)cc(N)c3)cc2)CC1. The Labute approximate surface area is 195 Å². The number of hydrogen-bond donors (Lipinski definition) is 2. The molecule has 0 saturated heterocycles. The van der Waals surface area contributed by atoms with Gasteiger partial charge in [0.15, 0.2) is 0 Å². The Bertz CT molecular complexity index is 940. The van der Waals surface area contributed by atoms with Crippen LogP contribution in [0.4, 0.5) is 11.4 Å². The Morgan fingerprint density at radius 3 is 2.30 bits per heavy atom. The Hall–Kier alpha value is -3.28. The third-order valence-electron chi connectivity index (χ3n) is 6.07. The molecule has 6 heteroatoms. The Morgan fingerprint density at radius 1 is 1.00 bits per heavy atom. The number of esters is 2. The molecule has 0 aliphatic heterocycles. The second-order valence-electron chi connectivity index (χ2n) is 8.80. The van der Waals surface area contributed by atoms with Crippen molar-refractivity contribution >= 4 is 29.4 Å². The molecule has 0 bridgehead atoms. The second-order valence-corrected chi connectivity index (χ2v) is 8.80. The topological polar surface area (TPSA) is 105 Å². The maximum atomic E-state index is 12.5. The summed E-state index contributed by atoms with van der Waals surface area (Å²) < 4.78 is 10.8. The molecule has 0 heterocycles. The second kappa shape index (κ2) is 12.1. The van der Waals surface area contributed by atoms with E-state index in [1.54, 1.807) is 48.5 Å². The fourth-order valence-electron chi connectivity index (χ4n) is 4.22. The van der Waals surface area contributed by atoms with Gasteiger partial charge in [-0.05, 0) is 79.1 Å². The van der Waals surface area contributed by atoms with Crippen molar-refractivity contribution in [1.82, 2.24) is 0 Å². The minimum Gasteiger partial charge on any atom is -0.458 e. The van der Waals surface area contributed by atoms with E-state index < -0.39 is 5.97 Å². The van der Waals surface area contributed by atoms with Gasteiger partial charge in [0.2, 0.25) is 0 Å². The van der Waals surface area contributed by atoms with Crippen molar-refractivity contribution < 1.29 is 19.1 Å². The van der Waals surface area contributed by atoms with E-state index >= 15 is 0 Å². The van der Waals surface area contributed by atoms with Crippen molar-refractivity contribution in [2.24, 2.45) is 11.8 Å². The van der Waals surface area contributed by atoms with Crippen LogP contribution in [0.2, 0.25) is 0 Å². The van der Waals surface area contributed by atoms with Crippen molar-refractivity contribution in [3.8, 4) is 5.75 Å². The van der Waals surface area contributed by atoms with E-state index in [4.69, 9.17) is 20.9 Å². The zero-order valence-corrected chi connectivity index (χ0v) is 19.3. The first kappa shape index (κ1) is 24.4. The lowest BCUT2D eigenvalue weighted by atomic mass is 9.80. The van der Waals surface area contributed by atoms with E-state index in [2.05, 4.69) is 6.92 Å². The van der Waals surface area contributed by atoms with Gasteiger partial charge in [-0.15, -0.1) is 0 Å². The van der Waals surface area contributed by atoms with Gasteiger partial charge in [0.05, 0.1) is 5.92 Å². The maximum Gasteiger partial charge on any atom is 0.331 e. The van der Waals surface area contributed by atoms with Crippen LogP contribution in [0, 0.1) is 11.8 Å². The van der Waals surface area contributed by atoms with E-state index in [0.29, 0.717) is 17.1 Å². The van der Waals surface area contributed by atoms with Gasteiger partial charge in [-0.2, -0.15) is 0 Å². The quantitative estimate of drug-likeness (QED) is 0.226. The number of ether oxygens (including phenoxy) is 2. The van der Waals surface area contributed by atoms with Gasteiger partial charge in [0, 0.05) is 17.5 Å². The normalized spacial score (nSPS) is 18.2. The van der Waals surface area contributed by atoms with Crippen LogP contribution in [0.3, 0.4) is 0 Å². The van der Waals surface area contributed by atoms with Crippen molar-refractivity contribution in [1.29, 1.82) is 0 Å².